The summed E-state index contributed by atoms with van der Waals surface area (Å²) in [6.07, 6.45) is 0. The summed E-state index contributed by atoms with van der Waals surface area (Å²) in [7, 11) is -3.65. The molecule has 1 saturated heterocycles. The number of anilines is 1. The molecule has 28 heavy (non-hydrogen) atoms. The van der Waals surface area contributed by atoms with Gasteiger partial charge in [0.15, 0.2) is 5.13 Å². The van der Waals surface area contributed by atoms with Crippen molar-refractivity contribution in [2.75, 3.05) is 31.1 Å². The number of amides is 1. The third kappa shape index (κ3) is 3.47. The summed E-state index contributed by atoms with van der Waals surface area (Å²) < 4.78 is 28.3. The molecule has 2 heterocycles. The van der Waals surface area contributed by atoms with E-state index in [0.29, 0.717) is 26.2 Å². The molecule has 10 heteroatoms. The van der Waals surface area contributed by atoms with E-state index in [1.165, 1.54) is 34.1 Å². The highest BCUT2D eigenvalue weighted by molar-refractivity contribution is 7.89. The molecule has 2 N–H and O–H groups in total. The largest absolute Gasteiger partial charge is 0.345 e. The molecule has 0 bridgehead atoms. The van der Waals surface area contributed by atoms with Gasteiger partial charge in [-0.25, -0.2) is 18.9 Å². The van der Waals surface area contributed by atoms with Crippen LogP contribution in [0.5, 0.6) is 0 Å². The predicted octanol–water partition coefficient (Wildman–Crippen LogP) is 1.93. The molecule has 3 aromatic rings. The average molecular weight is 419 g/mol. The highest BCUT2D eigenvalue weighted by Crippen LogP contribution is 2.29. The fourth-order valence-corrected chi connectivity index (χ4v) is 5.55. The van der Waals surface area contributed by atoms with Crippen LogP contribution in [-0.2, 0) is 10.0 Å². The Hall–Kier alpha value is -2.53. The first-order valence-electron chi connectivity index (χ1n) is 8.64. The van der Waals surface area contributed by atoms with Crippen molar-refractivity contribution < 1.29 is 18.4 Å². The number of thiazole rings is 1. The topological polar surface area (TPSA) is 103 Å². The van der Waals surface area contributed by atoms with Gasteiger partial charge in [-0.1, -0.05) is 23.5 Å². The number of fused-ring (bicyclic) bond motifs is 1. The van der Waals surface area contributed by atoms with Gasteiger partial charge in [0, 0.05) is 31.7 Å². The predicted molar refractivity (Wildman–Crippen MR) is 106 cm³/mol. The SMILES string of the molecule is O=C(NO)c1ccc(S(=O)(=O)N2CCN(c3nc4ccccc4s3)CC2)cc1. The number of nitrogens with zero attached hydrogens (tertiary/aromatic N) is 3. The molecule has 0 saturated carbocycles. The monoisotopic (exact) mass is 418 g/mol. The van der Waals surface area contributed by atoms with Crippen LogP contribution in [0.1, 0.15) is 10.4 Å². The first-order chi connectivity index (χ1) is 13.5. The van der Waals surface area contributed by atoms with Crippen LogP contribution in [0, 0.1) is 0 Å². The lowest BCUT2D eigenvalue weighted by Gasteiger charge is -2.33. The second kappa shape index (κ2) is 7.47. The molecule has 8 nitrogen and oxygen atoms in total. The quantitative estimate of drug-likeness (QED) is 0.496. The molecule has 1 fully saturated rings. The Labute approximate surface area is 166 Å². The number of para-hydroxylation sites is 1. The molecular formula is C18H18N4O4S2. The number of hydrogen-bond acceptors (Lipinski definition) is 7. The van der Waals surface area contributed by atoms with Gasteiger partial charge < -0.3 is 4.90 Å². The second-order valence-electron chi connectivity index (χ2n) is 6.32. The Bertz CT molecular complexity index is 1070. The zero-order valence-corrected chi connectivity index (χ0v) is 16.4. The maximum absolute atomic E-state index is 12.9. The molecule has 1 aliphatic heterocycles. The van der Waals surface area contributed by atoms with Crippen molar-refractivity contribution in [2.24, 2.45) is 0 Å². The number of sulfonamides is 1. The van der Waals surface area contributed by atoms with E-state index in [1.807, 2.05) is 24.3 Å². The Morgan fingerprint density at radius 3 is 2.36 bits per heavy atom. The highest BCUT2D eigenvalue weighted by atomic mass is 32.2. The van der Waals surface area contributed by atoms with Crippen LogP contribution in [-0.4, -0.2) is 55.0 Å². The van der Waals surface area contributed by atoms with Crippen molar-refractivity contribution in [3.63, 3.8) is 0 Å². The summed E-state index contributed by atoms with van der Waals surface area (Å²) in [6, 6.07) is 13.4. The van der Waals surface area contributed by atoms with E-state index in [4.69, 9.17) is 5.21 Å². The van der Waals surface area contributed by atoms with Gasteiger partial charge in [0.1, 0.15) is 0 Å². The number of aromatic nitrogens is 1. The maximum Gasteiger partial charge on any atom is 0.274 e. The van der Waals surface area contributed by atoms with Crippen LogP contribution in [0.25, 0.3) is 10.2 Å². The van der Waals surface area contributed by atoms with Crippen molar-refractivity contribution >= 4 is 42.6 Å². The molecular weight excluding hydrogens is 400 g/mol. The van der Waals surface area contributed by atoms with Crippen LogP contribution < -0.4 is 10.4 Å². The zero-order chi connectivity index (χ0) is 19.7. The molecule has 2 aromatic carbocycles. The Morgan fingerprint density at radius 2 is 1.71 bits per heavy atom. The number of hydrogen-bond donors (Lipinski definition) is 2. The van der Waals surface area contributed by atoms with Gasteiger partial charge in [-0.2, -0.15) is 4.31 Å². The minimum absolute atomic E-state index is 0.121. The smallest absolute Gasteiger partial charge is 0.274 e. The molecule has 146 valence electrons. The lowest BCUT2D eigenvalue weighted by Crippen LogP contribution is -2.48. The van der Waals surface area contributed by atoms with Crippen LogP contribution in [0.2, 0.25) is 0 Å². The summed E-state index contributed by atoms with van der Waals surface area (Å²) in [5, 5.41) is 9.55. The van der Waals surface area contributed by atoms with Crippen molar-refractivity contribution in [1.82, 2.24) is 14.8 Å². The molecule has 0 aliphatic carbocycles. The van der Waals surface area contributed by atoms with Crippen LogP contribution in [0.4, 0.5) is 5.13 Å². The summed E-state index contributed by atoms with van der Waals surface area (Å²) >= 11 is 1.60. The lowest BCUT2D eigenvalue weighted by atomic mass is 10.2. The normalized spacial score (nSPS) is 15.7. The van der Waals surface area contributed by atoms with Gasteiger partial charge in [-0.3, -0.25) is 10.0 Å². The Kier molecular flexibility index (Phi) is 5.02. The molecule has 0 unspecified atom stereocenters. The Balaban J connectivity index is 1.47. The molecule has 1 aromatic heterocycles. The van der Waals surface area contributed by atoms with Gasteiger partial charge >= 0.3 is 0 Å². The van der Waals surface area contributed by atoms with Gasteiger partial charge in [-0.15, -0.1) is 0 Å². The van der Waals surface area contributed by atoms with Crippen LogP contribution >= 0.6 is 11.3 Å². The van der Waals surface area contributed by atoms with E-state index in [1.54, 1.807) is 11.3 Å². The van der Waals surface area contributed by atoms with Crippen molar-refractivity contribution in [3.8, 4) is 0 Å². The number of carbonyl (C=O) groups is 1. The fourth-order valence-electron chi connectivity index (χ4n) is 3.11. The van der Waals surface area contributed by atoms with E-state index in [9.17, 15) is 13.2 Å². The summed E-state index contributed by atoms with van der Waals surface area (Å²) in [5.74, 6) is -0.687. The number of rotatable bonds is 4. The van der Waals surface area contributed by atoms with Gasteiger partial charge in [0.25, 0.3) is 5.91 Å². The first kappa shape index (κ1) is 18.8. The first-order valence-corrected chi connectivity index (χ1v) is 10.9. The average Bonchev–Trinajstić information content (AvgIpc) is 3.17. The molecule has 0 spiro atoms. The third-order valence-electron chi connectivity index (χ3n) is 4.65. The van der Waals surface area contributed by atoms with Crippen molar-refractivity contribution in [3.05, 3.63) is 54.1 Å². The molecule has 4 rings (SSSR count). The van der Waals surface area contributed by atoms with E-state index < -0.39 is 15.9 Å². The molecule has 0 radical (unpaired) electrons. The van der Waals surface area contributed by atoms with Crippen molar-refractivity contribution in [2.45, 2.75) is 4.90 Å². The minimum atomic E-state index is -3.65. The zero-order valence-electron chi connectivity index (χ0n) is 14.8. The number of hydroxylamine groups is 1. The lowest BCUT2D eigenvalue weighted by molar-refractivity contribution is 0.0706. The molecule has 1 amide bonds. The van der Waals surface area contributed by atoms with E-state index in [0.717, 1.165) is 15.3 Å². The fraction of sp³-hybridized carbons (Fsp3) is 0.222. The number of nitrogens with one attached hydrogen (secondary N) is 1. The standard InChI is InChI=1S/C18H18N4O4S2/c23-17(20-24)13-5-7-14(8-6-13)28(25,26)22-11-9-21(10-12-22)18-19-15-3-1-2-4-16(15)27-18/h1-8,24H,9-12H2,(H,20,23). The van der Waals surface area contributed by atoms with E-state index in [2.05, 4.69) is 9.88 Å². The highest BCUT2D eigenvalue weighted by Gasteiger charge is 2.29. The van der Waals surface area contributed by atoms with Gasteiger partial charge in [-0.05, 0) is 36.4 Å². The molecule has 0 atom stereocenters. The van der Waals surface area contributed by atoms with Crippen LogP contribution in [0.3, 0.4) is 0 Å². The van der Waals surface area contributed by atoms with E-state index >= 15 is 0 Å². The summed E-state index contributed by atoms with van der Waals surface area (Å²) in [4.78, 5) is 18.2. The second-order valence-corrected chi connectivity index (χ2v) is 9.27. The van der Waals surface area contributed by atoms with Crippen LogP contribution in [0.15, 0.2) is 53.4 Å². The molecule has 1 aliphatic rings. The van der Waals surface area contributed by atoms with E-state index in [-0.39, 0.29) is 10.5 Å². The van der Waals surface area contributed by atoms with Gasteiger partial charge in [0.2, 0.25) is 10.0 Å². The van der Waals surface area contributed by atoms with Crippen molar-refractivity contribution in [1.29, 1.82) is 0 Å². The number of piperazine rings is 1. The minimum Gasteiger partial charge on any atom is -0.345 e. The Morgan fingerprint density at radius 1 is 1.04 bits per heavy atom. The maximum atomic E-state index is 12.9. The number of benzene rings is 2. The number of carbonyl (C=O) groups excluding carboxylic acids is 1. The van der Waals surface area contributed by atoms with Gasteiger partial charge in [0.05, 0.1) is 15.1 Å². The third-order valence-corrected chi connectivity index (χ3v) is 7.66. The summed E-state index contributed by atoms with van der Waals surface area (Å²) in [6.45, 7) is 1.84. The summed E-state index contributed by atoms with van der Waals surface area (Å²) in [5.41, 5.74) is 2.65.